The lowest BCUT2D eigenvalue weighted by Crippen LogP contribution is -2.29. The highest BCUT2D eigenvalue weighted by atomic mass is 16.5. The van der Waals surface area contributed by atoms with Crippen LogP contribution in [0.2, 0.25) is 0 Å². The maximum absolute atomic E-state index is 5.52. The zero-order valence-corrected chi connectivity index (χ0v) is 14.3. The minimum atomic E-state index is 0.641. The number of fused-ring (bicyclic) bond motifs is 1. The van der Waals surface area contributed by atoms with Crippen molar-refractivity contribution >= 4 is 16.7 Å². The first-order valence-electron chi connectivity index (χ1n) is 8.49. The fourth-order valence-corrected chi connectivity index (χ4v) is 3.15. The smallest absolute Gasteiger partial charge is 0.245 e. The SMILES string of the molecule is COc1ccc2cc(Cn3nnnc3N3CCCOCC3)ccc2c1. The van der Waals surface area contributed by atoms with Gasteiger partial charge in [0, 0.05) is 19.7 Å². The molecule has 25 heavy (non-hydrogen) atoms. The van der Waals surface area contributed by atoms with Crippen LogP contribution in [0.25, 0.3) is 10.8 Å². The molecule has 0 radical (unpaired) electrons. The normalized spacial score (nSPS) is 15.3. The number of ether oxygens (including phenoxy) is 2. The van der Waals surface area contributed by atoms with Crippen LogP contribution >= 0.6 is 0 Å². The quantitative estimate of drug-likeness (QED) is 0.725. The second kappa shape index (κ2) is 7.06. The van der Waals surface area contributed by atoms with E-state index < -0.39 is 0 Å². The molecule has 3 aromatic rings. The van der Waals surface area contributed by atoms with Crippen molar-refractivity contribution in [3.63, 3.8) is 0 Å². The van der Waals surface area contributed by atoms with Crippen LogP contribution in [0.3, 0.4) is 0 Å². The number of nitrogens with zero attached hydrogens (tertiary/aromatic N) is 5. The number of anilines is 1. The molecule has 0 unspecified atom stereocenters. The summed E-state index contributed by atoms with van der Waals surface area (Å²) in [5.74, 6) is 1.67. The fourth-order valence-electron chi connectivity index (χ4n) is 3.15. The van der Waals surface area contributed by atoms with E-state index in [1.54, 1.807) is 7.11 Å². The molecule has 0 N–H and O–H groups in total. The number of aromatic nitrogens is 4. The Labute approximate surface area is 146 Å². The summed E-state index contributed by atoms with van der Waals surface area (Å²) in [4.78, 5) is 2.19. The highest BCUT2D eigenvalue weighted by Gasteiger charge is 2.17. The van der Waals surface area contributed by atoms with Gasteiger partial charge in [-0.1, -0.05) is 23.3 Å². The number of methoxy groups -OCH3 is 1. The van der Waals surface area contributed by atoms with E-state index in [9.17, 15) is 0 Å². The van der Waals surface area contributed by atoms with Gasteiger partial charge >= 0.3 is 0 Å². The standard InChI is InChI=1S/C18H21N5O2/c1-24-17-6-5-15-11-14(3-4-16(15)12-17)13-23-18(19-20-21-23)22-7-2-9-25-10-8-22/h3-6,11-12H,2,7-10,13H2,1H3. The van der Waals surface area contributed by atoms with Crippen LogP contribution in [0.15, 0.2) is 36.4 Å². The molecule has 0 spiro atoms. The molecule has 0 amide bonds. The van der Waals surface area contributed by atoms with Crippen molar-refractivity contribution in [2.24, 2.45) is 0 Å². The second-order valence-corrected chi connectivity index (χ2v) is 6.14. The van der Waals surface area contributed by atoms with E-state index >= 15 is 0 Å². The lowest BCUT2D eigenvalue weighted by molar-refractivity contribution is 0.152. The largest absolute Gasteiger partial charge is 0.497 e. The van der Waals surface area contributed by atoms with Crippen molar-refractivity contribution in [2.75, 3.05) is 38.3 Å². The van der Waals surface area contributed by atoms with E-state index in [0.29, 0.717) is 13.2 Å². The highest BCUT2D eigenvalue weighted by Crippen LogP contribution is 2.23. The average Bonchev–Trinajstić information content (AvgIpc) is 2.93. The Balaban J connectivity index is 1.58. The van der Waals surface area contributed by atoms with Gasteiger partial charge in [0.15, 0.2) is 0 Å². The summed E-state index contributed by atoms with van der Waals surface area (Å²) in [5.41, 5.74) is 1.16. The molecule has 2 heterocycles. The molecule has 1 aromatic heterocycles. The van der Waals surface area contributed by atoms with E-state index in [0.717, 1.165) is 48.8 Å². The van der Waals surface area contributed by atoms with E-state index in [1.807, 2.05) is 16.8 Å². The Morgan fingerprint density at radius 2 is 1.96 bits per heavy atom. The summed E-state index contributed by atoms with van der Waals surface area (Å²) in [6.07, 6.45) is 0.991. The second-order valence-electron chi connectivity index (χ2n) is 6.14. The van der Waals surface area contributed by atoms with Gasteiger partial charge < -0.3 is 14.4 Å². The maximum atomic E-state index is 5.52. The van der Waals surface area contributed by atoms with Crippen molar-refractivity contribution in [1.82, 2.24) is 20.2 Å². The molecule has 0 saturated carbocycles. The zero-order valence-electron chi connectivity index (χ0n) is 14.3. The maximum Gasteiger partial charge on any atom is 0.245 e. The van der Waals surface area contributed by atoms with E-state index in [4.69, 9.17) is 9.47 Å². The lowest BCUT2D eigenvalue weighted by atomic mass is 10.1. The number of hydrogen-bond donors (Lipinski definition) is 0. The molecular weight excluding hydrogens is 318 g/mol. The Morgan fingerprint density at radius 3 is 2.88 bits per heavy atom. The number of tetrazole rings is 1. The molecule has 1 aliphatic rings. The van der Waals surface area contributed by atoms with Crippen molar-refractivity contribution < 1.29 is 9.47 Å². The van der Waals surface area contributed by atoms with Gasteiger partial charge in [-0.25, -0.2) is 4.68 Å². The van der Waals surface area contributed by atoms with Crippen LogP contribution < -0.4 is 9.64 Å². The Bertz CT molecular complexity index is 856. The summed E-state index contributed by atoms with van der Waals surface area (Å²) in [5, 5.41) is 14.6. The van der Waals surface area contributed by atoms with Gasteiger partial charge in [0.1, 0.15) is 5.75 Å². The molecule has 1 fully saturated rings. The van der Waals surface area contributed by atoms with Gasteiger partial charge in [0.2, 0.25) is 5.95 Å². The predicted octanol–water partition coefficient (Wildman–Crippen LogP) is 2.11. The monoisotopic (exact) mass is 339 g/mol. The first kappa shape index (κ1) is 15.8. The number of hydrogen-bond acceptors (Lipinski definition) is 6. The molecule has 0 bridgehead atoms. The average molecular weight is 339 g/mol. The zero-order chi connectivity index (χ0) is 17.1. The fraction of sp³-hybridized carbons (Fsp3) is 0.389. The third kappa shape index (κ3) is 3.41. The van der Waals surface area contributed by atoms with Crippen LogP contribution in [0, 0.1) is 0 Å². The van der Waals surface area contributed by atoms with Crippen molar-refractivity contribution in [3.05, 3.63) is 42.0 Å². The summed E-state index contributed by atoms with van der Waals surface area (Å²) in [6.45, 7) is 3.88. The van der Waals surface area contributed by atoms with Gasteiger partial charge in [-0.15, -0.1) is 0 Å². The first-order valence-corrected chi connectivity index (χ1v) is 8.49. The summed E-state index contributed by atoms with van der Waals surface area (Å²) in [6, 6.07) is 12.5. The Kier molecular flexibility index (Phi) is 4.47. The van der Waals surface area contributed by atoms with Crippen LogP contribution in [0.1, 0.15) is 12.0 Å². The van der Waals surface area contributed by atoms with Crippen LogP contribution in [-0.2, 0) is 11.3 Å². The van der Waals surface area contributed by atoms with Gasteiger partial charge in [-0.2, -0.15) is 0 Å². The first-order chi connectivity index (χ1) is 12.3. The molecule has 2 aromatic carbocycles. The molecule has 130 valence electrons. The third-order valence-electron chi connectivity index (χ3n) is 4.46. The van der Waals surface area contributed by atoms with Crippen LogP contribution in [0.5, 0.6) is 5.75 Å². The molecule has 0 aliphatic carbocycles. The number of benzene rings is 2. The molecule has 4 rings (SSSR count). The van der Waals surface area contributed by atoms with Crippen molar-refractivity contribution in [2.45, 2.75) is 13.0 Å². The summed E-state index contributed by atoms with van der Waals surface area (Å²) in [7, 11) is 1.68. The molecule has 7 nitrogen and oxygen atoms in total. The highest BCUT2D eigenvalue weighted by molar-refractivity contribution is 5.84. The molecule has 7 heteroatoms. The minimum Gasteiger partial charge on any atom is -0.497 e. The van der Waals surface area contributed by atoms with Gasteiger partial charge in [-0.05, 0) is 51.4 Å². The predicted molar refractivity (Wildman–Crippen MR) is 95.1 cm³/mol. The molecular formula is C18H21N5O2. The van der Waals surface area contributed by atoms with Crippen molar-refractivity contribution in [1.29, 1.82) is 0 Å². The minimum absolute atomic E-state index is 0.641. The molecule has 0 atom stereocenters. The van der Waals surface area contributed by atoms with Crippen molar-refractivity contribution in [3.8, 4) is 5.75 Å². The van der Waals surface area contributed by atoms with Gasteiger partial charge in [-0.3, -0.25) is 0 Å². The Hall–Kier alpha value is -2.67. The number of rotatable bonds is 4. The van der Waals surface area contributed by atoms with Crippen LogP contribution in [-0.4, -0.2) is 53.6 Å². The summed E-state index contributed by atoms with van der Waals surface area (Å²) < 4.78 is 12.7. The van der Waals surface area contributed by atoms with Gasteiger partial charge in [0.25, 0.3) is 0 Å². The molecule has 1 saturated heterocycles. The molecule has 1 aliphatic heterocycles. The topological polar surface area (TPSA) is 65.3 Å². The van der Waals surface area contributed by atoms with E-state index in [1.165, 1.54) is 5.39 Å². The third-order valence-corrected chi connectivity index (χ3v) is 4.46. The van der Waals surface area contributed by atoms with E-state index in [2.05, 4.69) is 44.7 Å². The van der Waals surface area contributed by atoms with Gasteiger partial charge in [0.05, 0.1) is 20.3 Å². The summed E-state index contributed by atoms with van der Waals surface area (Å²) >= 11 is 0. The van der Waals surface area contributed by atoms with E-state index in [-0.39, 0.29) is 0 Å². The lowest BCUT2D eigenvalue weighted by Gasteiger charge is -2.19. The van der Waals surface area contributed by atoms with Crippen LogP contribution in [0.4, 0.5) is 5.95 Å². The Morgan fingerprint density at radius 1 is 1.08 bits per heavy atom.